The molecule has 4 nitrogen and oxygen atoms in total. The Balaban J connectivity index is 2.01. The van der Waals surface area contributed by atoms with E-state index in [1.807, 2.05) is 36.9 Å². The molecule has 1 aromatic carbocycles. The van der Waals surface area contributed by atoms with Crippen LogP contribution in [0.5, 0.6) is 0 Å². The maximum absolute atomic E-state index is 12.1. The minimum Gasteiger partial charge on any atom is -0.462 e. The molecule has 0 aromatic heterocycles. The fourth-order valence-corrected chi connectivity index (χ4v) is 2.95. The Kier molecular flexibility index (Phi) is 5.62. The molecule has 0 saturated carbocycles. The SMILES string of the molecule is CC(C)OC(=O)[C@@H]1CCCN1CC(O)c1ccccc1Cl. The van der Waals surface area contributed by atoms with Crippen LogP contribution in [0.2, 0.25) is 5.02 Å². The molecule has 1 heterocycles. The van der Waals surface area contributed by atoms with Gasteiger partial charge in [-0.2, -0.15) is 0 Å². The second-order valence-electron chi connectivity index (χ2n) is 5.68. The van der Waals surface area contributed by atoms with E-state index < -0.39 is 6.10 Å². The number of benzene rings is 1. The number of hydrogen-bond acceptors (Lipinski definition) is 4. The van der Waals surface area contributed by atoms with Gasteiger partial charge < -0.3 is 9.84 Å². The highest BCUT2D eigenvalue weighted by molar-refractivity contribution is 6.31. The number of carbonyl (C=O) groups is 1. The molecule has 0 amide bonds. The summed E-state index contributed by atoms with van der Waals surface area (Å²) in [7, 11) is 0. The number of likely N-dealkylation sites (tertiary alicyclic amines) is 1. The lowest BCUT2D eigenvalue weighted by atomic mass is 10.1. The van der Waals surface area contributed by atoms with Crippen molar-refractivity contribution in [2.45, 2.75) is 44.9 Å². The molecule has 0 aliphatic carbocycles. The Hall–Kier alpha value is -1.10. The average Bonchev–Trinajstić information content (AvgIpc) is 2.86. The van der Waals surface area contributed by atoms with Gasteiger partial charge in [0, 0.05) is 17.1 Å². The minimum absolute atomic E-state index is 0.117. The van der Waals surface area contributed by atoms with Crippen molar-refractivity contribution in [1.29, 1.82) is 0 Å². The van der Waals surface area contributed by atoms with Crippen LogP contribution >= 0.6 is 11.6 Å². The van der Waals surface area contributed by atoms with Gasteiger partial charge in [-0.25, -0.2) is 0 Å². The monoisotopic (exact) mass is 311 g/mol. The number of carbonyl (C=O) groups excluding carboxylic acids is 1. The van der Waals surface area contributed by atoms with E-state index in [-0.39, 0.29) is 18.1 Å². The van der Waals surface area contributed by atoms with Crippen molar-refractivity contribution in [1.82, 2.24) is 4.90 Å². The van der Waals surface area contributed by atoms with E-state index >= 15 is 0 Å². The summed E-state index contributed by atoms with van der Waals surface area (Å²) in [4.78, 5) is 14.1. The molecule has 1 aliphatic rings. The fourth-order valence-electron chi connectivity index (χ4n) is 2.69. The number of aliphatic hydroxyl groups excluding tert-OH is 1. The van der Waals surface area contributed by atoms with Crippen molar-refractivity contribution in [3.05, 3.63) is 34.9 Å². The zero-order valence-electron chi connectivity index (χ0n) is 12.5. The van der Waals surface area contributed by atoms with Crippen molar-refractivity contribution < 1.29 is 14.6 Å². The number of aliphatic hydroxyl groups is 1. The molecule has 0 spiro atoms. The fraction of sp³-hybridized carbons (Fsp3) is 0.562. The lowest BCUT2D eigenvalue weighted by molar-refractivity contribution is -0.153. The lowest BCUT2D eigenvalue weighted by Gasteiger charge is -2.26. The van der Waals surface area contributed by atoms with Crippen molar-refractivity contribution in [3.8, 4) is 0 Å². The topological polar surface area (TPSA) is 49.8 Å². The van der Waals surface area contributed by atoms with Crippen molar-refractivity contribution in [3.63, 3.8) is 0 Å². The Labute approximate surface area is 130 Å². The van der Waals surface area contributed by atoms with Gasteiger partial charge >= 0.3 is 5.97 Å². The van der Waals surface area contributed by atoms with E-state index in [1.54, 1.807) is 6.07 Å². The minimum atomic E-state index is -0.703. The highest BCUT2D eigenvalue weighted by atomic mass is 35.5. The second kappa shape index (κ2) is 7.25. The van der Waals surface area contributed by atoms with Crippen LogP contribution in [-0.2, 0) is 9.53 Å². The Morgan fingerprint density at radius 3 is 2.86 bits per heavy atom. The number of hydrogen-bond donors (Lipinski definition) is 1. The van der Waals surface area contributed by atoms with Gasteiger partial charge in [0.1, 0.15) is 6.04 Å². The molecule has 2 atom stereocenters. The standard InChI is InChI=1S/C16H22ClNO3/c1-11(2)21-16(20)14-8-5-9-18(14)10-15(19)12-6-3-4-7-13(12)17/h3-4,6-7,11,14-15,19H,5,8-10H2,1-2H3/t14-,15?/m0/s1. The van der Waals surface area contributed by atoms with E-state index in [0.29, 0.717) is 17.1 Å². The first-order valence-electron chi connectivity index (χ1n) is 7.36. The first kappa shape index (κ1) is 16.3. The van der Waals surface area contributed by atoms with Gasteiger partial charge in [-0.1, -0.05) is 29.8 Å². The Bertz CT molecular complexity index is 492. The van der Waals surface area contributed by atoms with Gasteiger partial charge in [0.25, 0.3) is 0 Å². The van der Waals surface area contributed by atoms with Gasteiger partial charge in [-0.3, -0.25) is 9.69 Å². The third kappa shape index (κ3) is 4.19. The van der Waals surface area contributed by atoms with E-state index in [2.05, 4.69) is 0 Å². The maximum atomic E-state index is 12.1. The van der Waals surface area contributed by atoms with E-state index in [0.717, 1.165) is 19.4 Å². The molecule has 2 rings (SSSR count). The van der Waals surface area contributed by atoms with Crippen molar-refractivity contribution in [2.24, 2.45) is 0 Å². The summed E-state index contributed by atoms with van der Waals surface area (Å²) < 4.78 is 5.29. The average molecular weight is 312 g/mol. The van der Waals surface area contributed by atoms with Gasteiger partial charge in [0.05, 0.1) is 12.2 Å². The predicted octanol–water partition coefficient (Wildman–Crippen LogP) is 2.79. The first-order valence-corrected chi connectivity index (χ1v) is 7.74. The Morgan fingerprint density at radius 1 is 1.48 bits per heavy atom. The van der Waals surface area contributed by atoms with Crippen LogP contribution in [0.25, 0.3) is 0 Å². The van der Waals surface area contributed by atoms with Crippen LogP contribution in [0.3, 0.4) is 0 Å². The quantitative estimate of drug-likeness (QED) is 0.850. The summed E-state index contributed by atoms with van der Waals surface area (Å²) in [6.45, 7) is 4.87. The smallest absolute Gasteiger partial charge is 0.323 e. The summed E-state index contributed by atoms with van der Waals surface area (Å²) in [5, 5.41) is 10.9. The van der Waals surface area contributed by atoms with Crippen LogP contribution in [0.1, 0.15) is 38.4 Å². The van der Waals surface area contributed by atoms with Gasteiger partial charge in [-0.05, 0) is 39.3 Å². The Morgan fingerprint density at radius 2 is 2.19 bits per heavy atom. The molecule has 1 unspecified atom stereocenters. The largest absolute Gasteiger partial charge is 0.462 e. The molecule has 0 radical (unpaired) electrons. The maximum Gasteiger partial charge on any atom is 0.323 e. The van der Waals surface area contributed by atoms with E-state index in [4.69, 9.17) is 16.3 Å². The van der Waals surface area contributed by atoms with E-state index in [1.165, 1.54) is 0 Å². The number of halogens is 1. The predicted molar refractivity (Wildman–Crippen MR) is 82.2 cm³/mol. The first-order chi connectivity index (χ1) is 9.99. The summed E-state index contributed by atoms with van der Waals surface area (Å²) in [5.41, 5.74) is 0.696. The van der Waals surface area contributed by atoms with Gasteiger partial charge in [-0.15, -0.1) is 0 Å². The highest BCUT2D eigenvalue weighted by Crippen LogP contribution is 2.27. The van der Waals surface area contributed by atoms with Crippen LogP contribution in [-0.4, -0.2) is 41.2 Å². The molecule has 0 bridgehead atoms. The van der Waals surface area contributed by atoms with Crippen LogP contribution in [0, 0.1) is 0 Å². The molecule has 1 fully saturated rings. The zero-order chi connectivity index (χ0) is 15.4. The molecular weight excluding hydrogens is 290 g/mol. The van der Waals surface area contributed by atoms with Crippen molar-refractivity contribution >= 4 is 17.6 Å². The molecule has 5 heteroatoms. The second-order valence-corrected chi connectivity index (χ2v) is 6.08. The molecular formula is C16H22ClNO3. The van der Waals surface area contributed by atoms with Crippen LogP contribution < -0.4 is 0 Å². The van der Waals surface area contributed by atoms with Gasteiger partial charge in [0.2, 0.25) is 0 Å². The number of esters is 1. The van der Waals surface area contributed by atoms with E-state index in [9.17, 15) is 9.90 Å². The molecule has 1 aromatic rings. The van der Waals surface area contributed by atoms with Gasteiger partial charge in [0.15, 0.2) is 0 Å². The lowest BCUT2D eigenvalue weighted by Crippen LogP contribution is -2.40. The number of β-amino-alcohol motifs (C(OH)–C–C–N with tert-alkyl or cyclic N) is 1. The summed E-state index contributed by atoms with van der Waals surface area (Å²) >= 11 is 6.10. The van der Waals surface area contributed by atoms with Crippen LogP contribution in [0.15, 0.2) is 24.3 Å². The molecule has 116 valence electrons. The summed E-state index contributed by atoms with van der Waals surface area (Å²) in [6.07, 6.45) is 0.896. The highest BCUT2D eigenvalue weighted by Gasteiger charge is 2.33. The molecule has 1 N–H and O–H groups in total. The summed E-state index contributed by atoms with van der Waals surface area (Å²) in [5.74, 6) is -0.200. The number of nitrogens with zero attached hydrogens (tertiary/aromatic N) is 1. The number of ether oxygens (including phenoxy) is 1. The number of rotatable bonds is 5. The molecule has 1 saturated heterocycles. The molecule has 1 aliphatic heterocycles. The summed E-state index contributed by atoms with van der Waals surface area (Å²) in [6, 6.07) is 6.99. The van der Waals surface area contributed by atoms with Crippen molar-refractivity contribution in [2.75, 3.05) is 13.1 Å². The third-order valence-corrected chi connectivity index (χ3v) is 4.00. The van der Waals surface area contributed by atoms with Crippen LogP contribution in [0.4, 0.5) is 0 Å². The zero-order valence-corrected chi connectivity index (χ0v) is 13.2. The third-order valence-electron chi connectivity index (χ3n) is 3.66. The molecule has 21 heavy (non-hydrogen) atoms. The normalized spacial score (nSPS) is 20.7.